The third-order valence-electron chi connectivity index (χ3n) is 2.33. The number of hydrogen-bond donors (Lipinski definition) is 2. The highest BCUT2D eigenvalue weighted by molar-refractivity contribution is 7.98. The molecule has 0 atom stereocenters. The Morgan fingerprint density at radius 2 is 2.42 bits per heavy atom. The molecule has 0 amide bonds. The quantitative estimate of drug-likeness (QED) is 0.752. The first kappa shape index (κ1) is 13.5. The van der Waals surface area contributed by atoms with Crippen LogP contribution in [0.2, 0.25) is 0 Å². The number of H-pyrrole nitrogens is 1. The van der Waals surface area contributed by atoms with Crippen molar-refractivity contribution in [3.63, 3.8) is 0 Å². The predicted molar refractivity (Wildman–Crippen MR) is 74.8 cm³/mol. The van der Waals surface area contributed by atoms with Gasteiger partial charge >= 0.3 is 5.76 Å². The number of hydrogen-bond acceptors (Lipinski definition) is 6. The fourth-order valence-electron chi connectivity index (χ4n) is 1.44. The topological polar surface area (TPSA) is 80.1 Å². The van der Waals surface area contributed by atoms with E-state index in [0.717, 1.165) is 17.2 Å². The molecule has 1 heterocycles. The summed E-state index contributed by atoms with van der Waals surface area (Å²) in [5.41, 5.74) is 1.02. The van der Waals surface area contributed by atoms with Crippen molar-refractivity contribution in [2.45, 2.75) is 5.75 Å². The van der Waals surface area contributed by atoms with Crippen molar-refractivity contribution >= 4 is 17.4 Å². The summed E-state index contributed by atoms with van der Waals surface area (Å²) in [7, 11) is 1.87. The molecule has 0 aliphatic carbocycles. The molecule has 0 unspecified atom stereocenters. The zero-order valence-corrected chi connectivity index (χ0v) is 11.3. The molecule has 0 aliphatic heterocycles. The van der Waals surface area contributed by atoms with E-state index in [4.69, 9.17) is 9.15 Å². The molecule has 1 aromatic carbocycles. The molecule has 0 saturated heterocycles. The minimum Gasteiger partial charge on any atom is -0.493 e. The Balaban J connectivity index is 1.67. The van der Waals surface area contributed by atoms with Crippen LogP contribution >= 0.6 is 11.8 Å². The van der Waals surface area contributed by atoms with Crippen LogP contribution in [0.25, 0.3) is 0 Å². The van der Waals surface area contributed by atoms with E-state index >= 15 is 0 Å². The van der Waals surface area contributed by atoms with E-state index < -0.39 is 5.76 Å². The highest BCUT2D eigenvalue weighted by Crippen LogP contribution is 2.17. The van der Waals surface area contributed by atoms with Gasteiger partial charge in [-0.25, -0.2) is 9.89 Å². The van der Waals surface area contributed by atoms with E-state index in [1.165, 1.54) is 0 Å². The van der Waals surface area contributed by atoms with Gasteiger partial charge in [-0.1, -0.05) is 6.07 Å². The molecule has 7 heteroatoms. The Morgan fingerprint density at radius 1 is 1.53 bits per heavy atom. The van der Waals surface area contributed by atoms with Crippen LogP contribution < -0.4 is 15.8 Å². The lowest BCUT2D eigenvalue weighted by atomic mass is 10.3. The van der Waals surface area contributed by atoms with Crippen molar-refractivity contribution in [2.75, 3.05) is 24.7 Å². The van der Waals surface area contributed by atoms with Crippen molar-refractivity contribution in [1.82, 2.24) is 10.2 Å². The highest BCUT2D eigenvalue weighted by atomic mass is 32.2. The lowest BCUT2D eigenvalue weighted by molar-refractivity contribution is 0.344. The summed E-state index contributed by atoms with van der Waals surface area (Å²) < 4.78 is 10.4. The van der Waals surface area contributed by atoms with Gasteiger partial charge in [0.2, 0.25) is 5.89 Å². The molecule has 0 spiro atoms. The minimum absolute atomic E-state index is 0.409. The van der Waals surface area contributed by atoms with Gasteiger partial charge in [-0.05, 0) is 12.1 Å². The zero-order valence-electron chi connectivity index (χ0n) is 10.5. The number of rotatable bonds is 7. The number of thioether (sulfide) groups is 1. The molecule has 6 nitrogen and oxygen atoms in total. The summed E-state index contributed by atoms with van der Waals surface area (Å²) >= 11 is 1.59. The molecule has 0 bridgehead atoms. The zero-order chi connectivity index (χ0) is 13.5. The van der Waals surface area contributed by atoms with Crippen LogP contribution in [0.15, 0.2) is 33.5 Å². The molecule has 0 aliphatic rings. The average molecular weight is 281 g/mol. The van der Waals surface area contributed by atoms with E-state index in [9.17, 15) is 4.79 Å². The third-order valence-corrected chi connectivity index (χ3v) is 3.23. The second-order valence-corrected chi connectivity index (χ2v) is 4.79. The average Bonchev–Trinajstić information content (AvgIpc) is 2.84. The molecule has 19 heavy (non-hydrogen) atoms. The maximum absolute atomic E-state index is 10.7. The maximum Gasteiger partial charge on any atom is 0.434 e. The lowest BCUT2D eigenvalue weighted by Crippen LogP contribution is -2.01. The molecule has 2 aromatic rings. The molecular weight excluding hydrogens is 266 g/mol. The normalized spacial score (nSPS) is 10.4. The number of benzene rings is 1. The monoisotopic (exact) mass is 281 g/mol. The van der Waals surface area contributed by atoms with Crippen LogP contribution in [0.4, 0.5) is 5.69 Å². The Labute approximate surface area is 114 Å². The van der Waals surface area contributed by atoms with Crippen LogP contribution in [0.1, 0.15) is 5.89 Å². The number of ether oxygens (including phenoxy) is 1. The number of aromatic nitrogens is 2. The van der Waals surface area contributed by atoms with Crippen LogP contribution in [0, 0.1) is 0 Å². The van der Waals surface area contributed by atoms with Gasteiger partial charge in [0, 0.05) is 24.6 Å². The Morgan fingerprint density at radius 3 is 3.16 bits per heavy atom. The Bertz CT molecular complexity index is 567. The number of anilines is 1. The first-order valence-electron chi connectivity index (χ1n) is 5.80. The Kier molecular flexibility index (Phi) is 4.91. The van der Waals surface area contributed by atoms with Crippen molar-refractivity contribution in [2.24, 2.45) is 0 Å². The highest BCUT2D eigenvalue weighted by Gasteiger charge is 2.01. The van der Waals surface area contributed by atoms with Crippen molar-refractivity contribution in [3.8, 4) is 5.75 Å². The van der Waals surface area contributed by atoms with Gasteiger partial charge in [0.05, 0.1) is 12.4 Å². The van der Waals surface area contributed by atoms with Gasteiger partial charge < -0.3 is 14.5 Å². The van der Waals surface area contributed by atoms with E-state index in [2.05, 4.69) is 15.5 Å². The Hall–Kier alpha value is -1.89. The number of nitrogens with one attached hydrogen (secondary N) is 2. The fourth-order valence-corrected chi connectivity index (χ4v) is 2.09. The van der Waals surface area contributed by atoms with E-state index in [1.54, 1.807) is 11.8 Å². The van der Waals surface area contributed by atoms with Gasteiger partial charge in [-0.15, -0.1) is 16.9 Å². The molecule has 0 radical (unpaired) electrons. The molecule has 102 valence electrons. The van der Waals surface area contributed by atoms with Gasteiger partial charge in [0.25, 0.3) is 0 Å². The standard InChI is InChI=1S/C12H15N3O3S/c1-13-9-3-2-4-10(7-9)17-5-6-19-8-11-14-15-12(16)18-11/h2-4,7,13H,5-6,8H2,1H3,(H,15,16). The number of aromatic amines is 1. The second-order valence-electron chi connectivity index (χ2n) is 3.69. The van der Waals surface area contributed by atoms with Crippen molar-refractivity contribution < 1.29 is 9.15 Å². The smallest absolute Gasteiger partial charge is 0.434 e. The number of nitrogens with zero attached hydrogens (tertiary/aromatic N) is 1. The van der Waals surface area contributed by atoms with Gasteiger partial charge in [0.1, 0.15) is 5.75 Å². The third kappa shape index (κ3) is 4.36. The first-order valence-corrected chi connectivity index (χ1v) is 6.96. The van der Waals surface area contributed by atoms with Crippen LogP contribution in [0.5, 0.6) is 5.75 Å². The first-order chi connectivity index (χ1) is 9.28. The largest absolute Gasteiger partial charge is 0.493 e. The summed E-state index contributed by atoms with van der Waals surface area (Å²) in [6.07, 6.45) is 0. The fraction of sp³-hybridized carbons (Fsp3) is 0.333. The molecule has 2 rings (SSSR count). The van der Waals surface area contributed by atoms with Gasteiger partial charge in [-0.2, -0.15) is 0 Å². The van der Waals surface area contributed by atoms with Crippen LogP contribution in [0.3, 0.4) is 0 Å². The molecule has 1 aromatic heterocycles. The van der Waals surface area contributed by atoms with E-state index in [1.807, 2.05) is 31.3 Å². The molecule has 2 N–H and O–H groups in total. The summed E-state index contributed by atoms with van der Waals surface area (Å²) in [5, 5.41) is 9.00. The SMILES string of the molecule is CNc1cccc(OCCSCc2n[nH]c(=O)o2)c1. The lowest BCUT2D eigenvalue weighted by Gasteiger charge is -2.07. The summed E-state index contributed by atoms with van der Waals surface area (Å²) in [6, 6.07) is 7.77. The summed E-state index contributed by atoms with van der Waals surface area (Å²) in [4.78, 5) is 10.7. The maximum atomic E-state index is 10.7. The van der Waals surface area contributed by atoms with Gasteiger partial charge in [0.15, 0.2) is 0 Å². The van der Waals surface area contributed by atoms with Crippen molar-refractivity contribution in [1.29, 1.82) is 0 Å². The van der Waals surface area contributed by atoms with E-state index in [-0.39, 0.29) is 0 Å². The van der Waals surface area contributed by atoms with Gasteiger partial charge in [-0.3, -0.25) is 0 Å². The van der Waals surface area contributed by atoms with Crippen LogP contribution in [-0.4, -0.2) is 29.6 Å². The summed E-state index contributed by atoms with van der Waals surface area (Å²) in [5.74, 6) is 2.07. The molecule has 0 saturated carbocycles. The summed E-state index contributed by atoms with van der Waals surface area (Å²) in [6.45, 7) is 0.590. The minimum atomic E-state index is -0.518. The van der Waals surface area contributed by atoms with Crippen LogP contribution in [-0.2, 0) is 5.75 Å². The van der Waals surface area contributed by atoms with E-state index in [0.29, 0.717) is 18.3 Å². The van der Waals surface area contributed by atoms with Crippen molar-refractivity contribution in [3.05, 3.63) is 40.7 Å². The predicted octanol–water partition coefficient (Wildman–Crippen LogP) is 1.72. The molecular formula is C12H15N3O3S. The second kappa shape index (κ2) is 6.89. The molecule has 0 fully saturated rings.